The first kappa shape index (κ1) is 20.8. The molecule has 0 aromatic heterocycles. The standard InChI is InChI=1S/C24H37N3O2/c1-19(2)11-15-27-18-25-22(28)23(27)13-16-26(17-14-23)21-10-6-7-12-24(21,29)20-8-4-3-5-9-20/h3-5,8-9,19,21,29H,6-7,10-18H2,1-2H3,(H,25,28). The Hall–Kier alpha value is -1.43. The fraction of sp³-hybridized carbons (Fsp3) is 0.708. The number of benzene rings is 1. The molecule has 5 nitrogen and oxygen atoms in total. The van der Waals surface area contributed by atoms with E-state index in [-0.39, 0.29) is 17.5 Å². The maximum Gasteiger partial charge on any atom is 0.241 e. The third-order valence-electron chi connectivity index (χ3n) is 7.61. The highest BCUT2D eigenvalue weighted by Crippen LogP contribution is 2.42. The monoisotopic (exact) mass is 399 g/mol. The van der Waals surface area contributed by atoms with Crippen molar-refractivity contribution in [2.24, 2.45) is 5.92 Å². The van der Waals surface area contributed by atoms with Crippen molar-refractivity contribution < 1.29 is 9.90 Å². The van der Waals surface area contributed by atoms with E-state index in [0.717, 1.165) is 63.7 Å². The average molecular weight is 400 g/mol. The molecule has 1 aromatic rings. The number of nitrogens with zero attached hydrogens (tertiary/aromatic N) is 2. The molecule has 1 aliphatic carbocycles. The van der Waals surface area contributed by atoms with Crippen molar-refractivity contribution >= 4 is 5.91 Å². The van der Waals surface area contributed by atoms with Crippen molar-refractivity contribution in [3.8, 4) is 0 Å². The van der Waals surface area contributed by atoms with Gasteiger partial charge in [-0.2, -0.15) is 0 Å². The lowest BCUT2D eigenvalue weighted by atomic mass is 9.73. The predicted molar refractivity (Wildman–Crippen MR) is 115 cm³/mol. The highest BCUT2D eigenvalue weighted by atomic mass is 16.3. The lowest BCUT2D eigenvalue weighted by Crippen LogP contribution is -2.61. The number of aliphatic hydroxyl groups is 1. The maximum absolute atomic E-state index is 12.8. The lowest BCUT2D eigenvalue weighted by Gasteiger charge is -2.50. The number of likely N-dealkylation sites (tertiary alicyclic amines) is 1. The predicted octanol–water partition coefficient (Wildman–Crippen LogP) is 3.09. The fourth-order valence-electron chi connectivity index (χ4n) is 5.77. The van der Waals surface area contributed by atoms with Gasteiger partial charge in [-0.3, -0.25) is 14.6 Å². The van der Waals surface area contributed by atoms with Crippen molar-refractivity contribution in [1.29, 1.82) is 0 Å². The molecule has 4 rings (SSSR count). The molecule has 1 saturated carbocycles. The Morgan fingerprint density at radius 2 is 1.86 bits per heavy atom. The Kier molecular flexibility index (Phi) is 6.01. The molecule has 2 unspecified atom stereocenters. The summed E-state index contributed by atoms with van der Waals surface area (Å²) < 4.78 is 0. The van der Waals surface area contributed by atoms with Crippen LogP contribution in [-0.2, 0) is 10.4 Å². The van der Waals surface area contributed by atoms with Crippen LogP contribution in [0.5, 0.6) is 0 Å². The van der Waals surface area contributed by atoms with E-state index >= 15 is 0 Å². The maximum atomic E-state index is 12.8. The molecule has 2 heterocycles. The van der Waals surface area contributed by atoms with Gasteiger partial charge in [0.05, 0.1) is 6.67 Å². The molecular weight excluding hydrogens is 362 g/mol. The van der Waals surface area contributed by atoms with E-state index in [9.17, 15) is 9.90 Å². The third kappa shape index (κ3) is 3.85. The van der Waals surface area contributed by atoms with Crippen LogP contribution >= 0.6 is 0 Å². The smallest absolute Gasteiger partial charge is 0.241 e. The third-order valence-corrected chi connectivity index (χ3v) is 7.61. The molecule has 1 aromatic carbocycles. The molecular formula is C24H37N3O2. The van der Waals surface area contributed by atoms with Crippen LogP contribution in [0.1, 0.15) is 64.4 Å². The van der Waals surface area contributed by atoms with E-state index in [1.807, 2.05) is 18.2 Å². The molecule has 160 valence electrons. The molecule has 1 spiro atoms. The van der Waals surface area contributed by atoms with Crippen molar-refractivity contribution in [3.63, 3.8) is 0 Å². The van der Waals surface area contributed by atoms with Crippen LogP contribution < -0.4 is 5.32 Å². The number of carbonyl (C=O) groups is 1. The van der Waals surface area contributed by atoms with Gasteiger partial charge in [0.1, 0.15) is 11.1 Å². The molecule has 2 atom stereocenters. The van der Waals surface area contributed by atoms with Gasteiger partial charge in [-0.25, -0.2) is 0 Å². The Morgan fingerprint density at radius 1 is 1.14 bits per heavy atom. The minimum atomic E-state index is -0.778. The number of carbonyl (C=O) groups excluding carboxylic acids is 1. The van der Waals surface area contributed by atoms with Crippen LogP contribution in [0, 0.1) is 5.92 Å². The minimum absolute atomic E-state index is 0.143. The number of piperidine rings is 1. The SMILES string of the molecule is CC(C)CCN1CNC(=O)C12CCN(C1CCCCC1(O)c1ccccc1)CC2. The van der Waals surface area contributed by atoms with E-state index in [2.05, 4.69) is 41.1 Å². The summed E-state index contributed by atoms with van der Waals surface area (Å²) in [5.74, 6) is 0.855. The van der Waals surface area contributed by atoms with Gasteiger partial charge in [0, 0.05) is 25.7 Å². The topological polar surface area (TPSA) is 55.8 Å². The van der Waals surface area contributed by atoms with E-state index in [0.29, 0.717) is 12.6 Å². The number of amides is 1. The number of hydrogen-bond donors (Lipinski definition) is 2. The van der Waals surface area contributed by atoms with Gasteiger partial charge in [-0.1, -0.05) is 57.0 Å². The van der Waals surface area contributed by atoms with Crippen LogP contribution in [-0.4, -0.2) is 58.7 Å². The second-order valence-corrected chi connectivity index (χ2v) is 9.73. The van der Waals surface area contributed by atoms with Crippen LogP contribution in [0.15, 0.2) is 30.3 Å². The van der Waals surface area contributed by atoms with Crippen LogP contribution in [0.2, 0.25) is 0 Å². The quantitative estimate of drug-likeness (QED) is 0.799. The first-order valence-electron chi connectivity index (χ1n) is 11.5. The molecule has 2 N–H and O–H groups in total. The second kappa shape index (κ2) is 8.37. The largest absolute Gasteiger partial charge is 0.384 e. The van der Waals surface area contributed by atoms with Gasteiger partial charge in [0.25, 0.3) is 0 Å². The van der Waals surface area contributed by atoms with E-state index < -0.39 is 5.60 Å². The van der Waals surface area contributed by atoms with E-state index in [4.69, 9.17) is 0 Å². The summed E-state index contributed by atoms with van der Waals surface area (Å²) in [7, 11) is 0. The first-order valence-corrected chi connectivity index (χ1v) is 11.5. The van der Waals surface area contributed by atoms with Crippen molar-refractivity contribution in [3.05, 3.63) is 35.9 Å². The zero-order valence-electron chi connectivity index (χ0n) is 18.1. The normalized spacial score (nSPS) is 30.8. The summed E-state index contributed by atoms with van der Waals surface area (Å²) in [6, 6.07) is 10.4. The van der Waals surface area contributed by atoms with E-state index in [1.165, 1.54) is 6.42 Å². The van der Waals surface area contributed by atoms with Crippen LogP contribution in [0.3, 0.4) is 0 Å². The summed E-state index contributed by atoms with van der Waals surface area (Å²) in [5.41, 5.74) is -0.0772. The number of rotatable bonds is 5. The van der Waals surface area contributed by atoms with Gasteiger partial charge in [0.2, 0.25) is 5.91 Å². The minimum Gasteiger partial charge on any atom is -0.384 e. The summed E-state index contributed by atoms with van der Waals surface area (Å²) in [5, 5.41) is 14.8. The van der Waals surface area contributed by atoms with Crippen LogP contribution in [0.4, 0.5) is 0 Å². The molecule has 3 fully saturated rings. The lowest BCUT2D eigenvalue weighted by molar-refractivity contribution is -0.132. The van der Waals surface area contributed by atoms with Gasteiger partial charge in [-0.15, -0.1) is 0 Å². The second-order valence-electron chi connectivity index (χ2n) is 9.73. The summed E-state index contributed by atoms with van der Waals surface area (Å²) in [6.07, 6.45) is 6.94. The summed E-state index contributed by atoms with van der Waals surface area (Å²) >= 11 is 0. The highest BCUT2D eigenvalue weighted by Gasteiger charge is 2.52. The average Bonchev–Trinajstić information content (AvgIpc) is 3.03. The zero-order chi connectivity index (χ0) is 20.5. The molecule has 2 aliphatic heterocycles. The van der Waals surface area contributed by atoms with Gasteiger partial charge < -0.3 is 10.4 Å². The van der Waals surface area contributed by atoms with Gasteiger partial charge in [0.15, 0.2) is 0 Å². The van der Waals surface area contributed by atoms with E-state index in [1.54, 1.807) is 0 Å². The first-order chi connectivity index (χ1) is 14.0. The number of nitrogens with one attached hydrogen (secondary N) is 1. The molecule has 0 bridgehead atoms. The van der Waals surface area contributed by atoms with Crippen molar-refractivity contribution in [2.45, 2.75) is 76.0 Å². The summed E-state index contributed by atoms with van der Waals surface area (Å²) in [4.78, 5) is 17.7. The number of hydrogen-bond acceptors (Lipinski definition) is 4. The van der Waals surface area contributed by atoms with Gasteiger partial charge in [-0.05, 0) is 43.6 Å². The molecule has 3 aliphatic rings. The zero-order valence-corrected chi connectivity index (χ0v) is 18.1. The van der Waals surface area contributed by atoms with Crippen molar-refractivity contribution in [2.75, 3.05) is 26.3 Å². The molecule has 0 radical (unpaired) electrons. The Morgan fingerprint density at radius 3 is 2.55 bits per heavy atom. The Bertz CT molecular complexity index is 699. The Balaban J connectivity index is 1.49. The van der Waals surface area contributed by atoms with Crippen molar-refractivity contribution in [1.82, 2.24) is 15.1 Å². The fourth-order valence-corrected chi connectivity index (χ4v) is 5.77. The highest BCUT2D eigenvalue weighted by molar-refractivity contribution is 5.88. The summed E-state index contributed by atoms with van der Waals surface area (Å²) in [6.45, 7) is 7.91. The Labute approximate surface area is 175 Å². The van der Waals surface area contributed by atoms with Crippen LogP contribution in [0.25, 0.3) is 0 Å². The molecule has 2 saturated heterocycles. The molecule has 1 amide bonds. The molecule has 29 heavy (non-hydrogen) atoms. The van der Waals surface area contributed by atoms with Gasteiger partial charge >= 0.3 is 0 Å². The molecule has 5 heteroatoms.